The van der Waals surface area contributed by atoms with Gasteiger partial charge in [0.05, 0.1) is 5.92 Å². The number of benzene rings is 3. The van der Waals surface area contributed by atoms with Gasteiger partial charge in [-0.2, -0.15) is 0 Å². The highest BCUT2D eigenvalue weighted by Gasteiger charge is 2.47. The number of hydrogen-bond acceptors (Lipinski definition) is 4. The molecule has 4 atom stereocenters. The van der Waals surface area contributed by atoms with Crippen LogP contribution in [0.2, 0.25) is 0 Å². The standard InChI is InChI=1S/C32H36O5/c1-4-5-6-21-8-11-25-26(15-21)30(24-10-7-19(2)13-23(24)14-20(3)17-33)31(32(34)35)29(25)22-9-12-27-28(16-22)37-18-36-27/h7-13,15-16,20,29-31,33H,4-6,14,17-18H2,1-3H3,(H,34,35)/t20-,29-,30+,31+/m0/s1. The van der Waals surface area contributed by atoms with E-state index in [1.807, 2.05) is 25.1 Å². The molecule has 0 fully saturated rings. The summed E-state index contributed by atoms with van der Waals surface area (Å²) >= 11 is 0. The number of hydrogen-bond donors (Lipinski definition) is 2. The molecule has 2 aliphatic rings. The second-order valence-corrected chi connectivity index (χ2v) is 10.7. The predicted molar refractivity (Wildman–Crippen MR) is 144 cm³/mol. The smallest absolute Gasteiger partial charge is 0.308 e. The molecule has 5 rings (SSSR count). The molecule has 0 spiro atoms. The van der Waals surface area contributed by atoms with E-state index < -0.39 is 11.9 Å². The SMILES string of the molecule is CCCCc1ccc2c(c1)[C@@H](c1ccc(C)cc1C[C@H](C)CO)[C@H](C(=O)O)[C@H]2c1ccc2c(c1)OCO2. The molecule has 1 aliphatic carbocycles. The summed E-state index contributed by atoms with van der Waals surface area (Å²) < 4.78 is 11.2. The lowest BCUT2D eigenvalue weighted by Crippen LogP contribution is -2.25. The van der Waals surface area contributed by atoms with Gasteiger partial charge in [-0.05, 0) is 77.6 Å². The first-order valence-corrected chi connectivity index (χ1v) is 13.4. The fourth-order valence-electron chi connectivity index (χ4n) is 6.09. The molecule has 37 heavy (non-hydrogen) atoms. The maximum absolute atomic E-state index is 13.1. The lowest BCUT2D eigenvalue weighted by Gasteiger charge is -2.25. The van der Waals surface area contributed by atoms with Gasteiger partial charge in [-0.15, -0.1) is 0 Å². The van der Waals surface area contributed by atoms with Gasteiger partial charge in [-0.1, -0.05) is 68.3 Å². The highest BCUT2D eigenvalue weighted by atomic mass is 16.7. The summed E-state index contributed by atoms with van der Waals surface area (Å²) in [5.41, 5.74) is 7.66. The van der Waals surface area contributed by atoms with E-state index >= 15 is 0 Å². The van der Waals surface area contributed by atoms with Crippen LogP contribution in [0.4, 0.5) is 0 Å². The number of carbonyl (C=O) groups is 1. The van der Waals surface area contributed by atoms with Crippen molar-refractivity contribution in [3.05, 3.63) is 93.5 Å². The third-order valence-electron chi connectivity index (χ3n) is 7.91. The number of carboxylic acid groups (broad SMARTS) is 1. The summed E-state index contributed by atoms with van der Waals surface area (Å²) in [5, 5.41) is 20.5. The van der Waals surface area contributed by atoms with Gasteiger partial charge in [-0.25, -0.2) is 0 Å². The number of ether oxygens (including phenoxy) is 2. The Morgan fingerprint density at radius 2 is 1.76 bits per heavy atom. The minimum absolute atomic E-state index is 0.0882. The number of unbranched alkanes of at least 4 members (excludes halogenated alkanes) is 1. The third kappa shape index (κ3) is 4.85. The van der Waals surface area contributed by atoms with Gasteiger partial charge in [0.1, 0.15) is 0 Å². The summed E-state index contributed by atoms with van der Waals surface area (Å²) in [7, 11) is 0. The Hall–Kier alpha value is -3.31. The normalized spacial score (nSPS) is 20.6. The average Bonchev–Trinajstić information content (AvgIpc) is 3.49. The van der Waals surface area contributed by atoms with Crippen molar-refractivity contribution in [2.24, 2.45) is 11.8 Å². The van der Waals surface area contributed by atoms with E-state index in [2.05, 4.69) is 50.2 Å². The van der Waals surface area contributed by atoms with E-state index in [1.54, 1.807) is 0 Å². The lowest BCUT2D eigenvalue weighted by atomic mass is 9.77. The Balaban J connectivity index is 1.69. The van der Waals surface area contributed by atoms with Crippen molar-refractivity contribution in [3.8, 4) is 11.5 Å². The number of aliphatic hydroxyl groups is 1. The first-order chi connectivity index (χ1) is 17.9. The molecule has 0 unspecified atom stereocenters. The van der Waals surface area contributed by atoms with Gasteiger partial charge in [-0.3, -0.25) is 4.79 Å². The molecule has 0 bridgehead atoms. The molecule has 0 saturated carbocycles. The zero-order valence-electron chi connectivity index (χ0n) is 21.9. The molecule has 3 aromatic rings. The summed E-state index contributed by atoms with van der Waals surface area (Å²) in [4.78, 5) is 13.1. The van der Waals surface area contributed by atoms with Gasteiger partial charge < -0.3 is 19.7 Å². The van der Waals surface area contributed by atoms with Gasteiger partial charge in [0.25, 0.3) is 0 Å². The van der Waals surface area contributed by atoms with E-state index in [-0.39, 0.29) is 31.2 Å². The van der Waals surface area contributed by atoms with Crippen LogP contribution in [0.1, 0.15) is 77.5 Å². The van der Waals surface area contributed by atoms with Gasteiger partial charge in [0.15, 0.2) is 11.5 Å². The van der Waals surface area contributed by atoms with Crippen molar-refractivity contribution in [1.29, 1.82) is 0 Å². The van der Waals surface area contributed by atoms with Crippen LogP contribution < -0.4 is 9.47 Å². The van der Waals surface area contributed by atoms with E-state index in [9.17, 15) is 15.0 Å². The average molecular weight is 501 g/mol. The van der Waals surface area contributed by atoms with Gasteiger partial charge >= 0.3 is 5.97 Å². The Morgan fingerprint density at radius 3 is 2.51 bits per heavy atom. The van der Waals surface area contributed by atoms with Crippen molar-refractivity contribution in [3.63, 3.8) is 0 Å². The zero-order valence-corrected chi connectivity index (χ0v) is 21.9. The maximum atomic E-state index is 13.1. The predicted octanol–water partition coefficient (Wildman–Crippen LogP) is 6.22. The lowest BCUT2D eigenvalue weighted by molar-refractivity contribution is -0.142. The first-order valence-electron chi connectivity index (χ1n) is 13.4. The Kier molecular flexibility index (Phi) is 7.25. The van der Waals surface area contributed by atoms with Crippen LogP contribution >= 0.6 is 0 Å². The largest absolute Gasteiger partial charge is 0.481 e. The minimum Gasteiger partial charge on any atom is -0.481 e. The molecule has 5 heteroatoms. The molecule has 1 heterocycles. The van der Waals surface area contributed by atoms with Crippen LogP contribution in [0.3, 0.4) is 0 Å². The maximum Gasteiger partial charge on any atom is 0.308 e. The van der Waals surface area contributed by atoms with E-state index in [4.69, 9.17) is 9.47 Å². The van der Waals surface area contributed by atoms with E-state index in [0.29, 0.717) is 17.9 Å². The summed E-state index contributed by atoms with van der Waals surface area (Å²) in [6, 6.07) is 18.7. The quantitative estimate of drug-likeness (QED) is 0.365. The van der Waals surface area contributed by atoms with Crippen LogP contribution in [0, 0.1) is 18.8 Å². The molecular weight excluding hydrogens is 464 g/mol. The van der Waals surface area contributed by atoms with Gasteiger partial charge in [0.2, 0.25) is 6.79 Å². The summed E-state index contributed by atoms with van der Waals surface area (Å²) in [5.74, 6) is -0.616. The highest BCUT2D eigenvalue weighted by molar-refractivity contribution is 5.78. The van der Waals surface area contributed by atoms with Crippen molar-refractivity contribution in [1.82, 2.24) is 0 Å². The van der Waals surface area contributed by atoms with Crippen LogP contribution in [-0.2, 0) is 17.6 Å². The number of rotatable bonds is 9. The fourth-order valence-corrected chi connectivity index (χ4v) is 6.09. The molecule has 5 nitrogen and oxygen atoms in total. The molecule has 2 N–H and O–H groups in total. The fraction of sp³-hybridized carbons (Fsp3) is 0.406. The zero-order chi connectivity index (χ0) is 26.1. The third-order valence-corrected chi connectivity index (χ3v) is 7.91. The first kappa shape index (κ1) is 25.3. The molecule has 0 amide bonds. The molecule has 0 aromatic heterocycles. The number of carboxylic acids is 1. The molecule has 0 radical (unpaired) electrons. The van der Waals surface area contributed by atoms with Crippen LogP contribution in [0.15, 0.2) is 54.6 Å². The highest BCUT2D eigenvalue weighted by Crippen LogP contribution is 2.54. The van der Waals surface area contributed by atoms with Crippen molar-refractivity contribution in [2.75, 3.05) is 13.4 Å². The monoisotopic (exact) mass is 500 g/mol. The van der Waals surface area contributed by atoms with Crippen molar-refractivity contribution >= 4 is 5.97 Å². The van der Waals surface area contributed by atoms with Crippen LogP contribution in [0.5, 0.6) is 11.5 Å². The number of aryl methyl sites for hydroxylation is 2. The Morgan fingerprint density at radius 1 is 0.973 bits per heavy atom. The van der Waals surface area contributed by atoms with Crippen LogP contribution in [0.25, 0.3) is 0 Å². The van der Waals surface area contributed by atoms with Gasteiger partial charge in [0, 0.05) is 18.4 Å². The number of aliphatic hydroxyl groups excluding tert-OH is 1. The molecule has 194 valence electrons. The second kappa shape index (κ2) is 10.6. The second-order valence-electron chi connectivity index (χ2n) is 10.7. The van der Waals surface area contributed by atoms with Crippen molar-refractivity contribution < 1.29 is 24.5 Å². The minimum atomic E-state index is -0.805. The Bertz CT molecular complexity index is 1300. The van der Waals surface area contributed by atoms with Crippen molar-refractivity contribution in [2.45, 2.75) is 58.3 Å². The van der Waals surface area contributed by atoms with E-state index in [0.717, 1.165) is 52.6 Å². The molecule has 0 saturated heterocycles. The summed E-state index contributed by atoms with van der Waals surface area (Å²) in [6.45, 7) is 6.56. The van der Waals surface area contributed by atoms with E-state index in [1.165, 1.54) is 5.56 Å². The molecule has 3 aromatic carbocycles. The molecule has 1 aliphatic heterocycles. The Labute approximate surface area is 219 Å². The van der Waals surface area contributed by atoms with Crippen LogP contribution in [-0.4, -0.2) is 29.6 Å². The topological polar surface area (TPSA) is 76.0 Å². The summed E-state index contributed by atoms with van der Waals surface area (Å²) in [6.07, 6.45) is 3.89. The number of aliphatic carboxylic acids is 1. The molecular formula is C32H36O5. The number of fused-ring (bicyclic) bond motifs is 2.